The summed E-state index contributed by atoms with van der Waals surface area (Å²) in [5, 5.41) is 0. The number of ether oxygens (including phenoxy) is 2. The Kier molecular flexibility index (Phi) is 9.18. The Bertz CT molecular complexity index is 1530. The molecule has 3 aromatic rings. The van der Waals surface area contributed by atoms with E-state index in [1.54, 1.807) is 20.1 Å². The molecule has 2 aliphatic carbocycles. The lowest BCUT2D eigenvalue weighted by molar-refractivity contribution is 0.0924. The van der Waals surface area contributed by atoms with Crippen molar-refractivity contribution in [3.8, 4) is 23.1 Å². The lowest BCUT2D eigenvalue weighted by atomic mass is 9.82. The highest BCUT2D eigenvalue weighted by atomic mass is 19.3. The zero-order valence-electron chi connectivity index (χ0n) is 25.2. The number of hydrogen-bond donors (Lipinski definition) is 1. The molecule has 5 rings (SSSR count). The molecule has 2 unspecified atom stereocenters. The molecule has 1 fully saturated rings. The quantitative estimate of drug-likeness (QED) is 0.254. The Balaban J connectivity index is 1.31. The van der Waals surface area contributed by atoms with Gasteiger partial charge in [-0.05, 0) is 79.2 Å². The largest absolute Gasteiger partial charge is 0.480 e. The Morgan fingerprint density at radius 1 is 1.05 bits per heavy atom. The molecule has 0 saturated heterocycles. The van der Waals surface area contributed by atoms with Gasteiger partial charge in [0.1, 0.15) is 24.2 Å². The smallest absolute Gasteiger partial charge is 0.287 e. The topological polar surface area (TPSA) is 96.0 Å². The number of benzene rings is 1. The van der Waals surface area contributed by atoms with Crippen molar-refractivity contribution in [2.24, 2.45) is 11.8 Å². The van der Waals surface area contributed by atoms with E-state index in [9.17, 15) is 8.78 Å². The minimum Gasteiger partial charge on any atom is -0.480 e. The molecule has 0 bridgehead atoms. The molecule has 2 atom stereocenters. The molecule has 1 saturated carbocycles. The van der Waals surface area contributed by atoms with Gasteiger partial charge in [0.05, 0.1) is 19.0 Å². The van der Waals surface area contributed by atoms with E-state index in [-0.39, 0.29) is 29.9 Å². The van der Waals surface area contributed by atoms with Gasteiger partial charge in [0.15, 0.2) is 5.82 Å². The van der Waals surface area contributed by atoms with Crippen LogP contribution in [-0.4, -0.2) is 33.0 Å². The fourth-order valence-corrected chi connectivity index (χ4v) is 5.48. The summed E-state index contributed by atoms with van der Waals surface area (Å²) < 4.78 is 40.8. The van der Waals surface area contributed by atoms with Crippen LogP contribution in [0.2, 0.25) is 0 Å². The van der Waals surface area contributed by atoms with Crippen LogP contribution in [0.5, 0.6) is 11.8 Å². The minimum atomic E-state index is -2.91. The van der Waals surface area contributed by atoms with Crippen molar-refractivity contribution in [1.29, 1.82) is 0 Å². The maximum Gasteiger partial charge on any atom is 0.287 e. The first-order valence-electron chi connectivity index (χ1n) is 14.9. The molecule has 0 amide bonds. The van der Waals surface area contributed by atoms with Crippen molar-refractivity contribution < 1.29 is 18.3 Å². The minimum absolute atomic E-state index is 0.198. The number of halogens is 2. The van der Waals surface area contributed by atoms with Crippen molar-refractivity contribution in [2.45, 2.75) is 71.3 Å². The van der Waals surface area contributed by atoms with Gasteiger partial charge in [-0.3, -0.25) is 0 Å². The van der Waals surface area contributed by atoms with Gasteiger partial charge in [-0.2, -0.15) is 13.8 Å². The molecule has 0 spiro atoms. The van der Waals surface area contributed by atoms with E-state index >= 15 is 0 Å². The van der Waals surface area contributed by atoms with Crippen LogP contribution in [0.15, 0.2) is 66.7 Å². The van der Waals surface area contributed by atoms with Gasteiger partial charge in [0.2, 0.25) is 11.8 Å². The highest BCUT2D eigenvalue weighted by Gasteiger charge is 2.32. The second-order valence-corrected chi connectivity index (χ2v) is 11.4. The third kappa shape index (κ3) is 6.92. The average molecular weight is 588 g/mol. The highest BCUT2D eigenvalue weighted by molar-refractivity contribution is 5.68. The summed E-state index contributed by atoms with van der Waals surface area (Å²) in [5.74, 6) is -1.02. The molecule has 2 aliphatic rings. The van der Waals surface area contributed by atoms with Gasteiger partial charge in [-0.15, -0.1) is 0 Å². The van der Waals surface area contributed by atoms with Crippen molar-refractivity contribution in [1.82, 2.24) is 19.9 Å². The van der Waals surface area contributed by atoms with Crippen LogP contribution in [0.4, 0.5) is 14.5 Å². The zero-order chi connectivity index (χ0) is 30.6. The molecular weight excluding hydrogens is 548 g/mol. The predicted octanol–water partition coefficient (Wildman–Crippen LogP) is 7.96. The number of nitrogens with two attached hydrogens (primary N) is 1. The fourth-order valence-electron chi connectivity index (χ4n) is 5.48. The first-order chi connectivity index (χ1) is 20.7. The standard InChI is InChI=1S/C34H39F2N5O2/c1-5-17-34(35,36)26-7-6-8-27(22(3)21(2)9-16-26)24-12-10-23(11-13-24)19-43-32-28(37)18-38-31(41-32)29-30(25-14-15-25)39-20-40-33(29)42-4/h5,8,10-13,16-18,20-22,25H,6-7,9,14-15,19,37H2,1-4H3/b17-5+,26-16+,27-8+. The summed E-state index contributed by atoms with van der Waals surface area (Å²) in [6.07, 6.45) is 12.9. The summed E-state index contributed by atoms with van der Waals surface area (Å²) in [4.78, 5) is 17.8. The van der Waals surface area contributed by atoms with Gasteiger partial charge in [-0.1, -0.05) is 56.3 Å². The normalized spacial score (nSPS) is 22.1. The zero-order valence-corrected chi connectivity index (χ0v) is 25.2. The lowest BCUT2D eigenvalue weighted by Crippen LogP contribution is -2.16. The van der Waals surface area contributed by atoms with Gasteiger partial charge < -0.3 is 15.2 Å². The van der Waals surface area contributed by atoms with E-state index in [1.807, 2.05) is 12.1 Å². The maximum atomic E-state index is 14.6. The molecule has 2 aromatic heterocycles. The Morgan fingerprint density at radius 2 is 1.81 bits per heavy atom. The number of aromatic nitrogens is 4. The lowest BCUT2D eigenvalue weighted by Gasteiger charge is -2.23. The third-order valence-electron chi connectivity index (χ3n) is 8.33. The van der Waals surface area contributed by atoms with Gasteiger partial charge in [0.25, 0.3) is 5.92 Å². The van der Waals surface area contributed by atoms with Gasteiger partial charge >= 0.3 is 0 Å². The van der Waals surface area contributed by atoms with Crippen LogP contribution < -0.4 is 15.2 Å². The van der Waals surface area contributed by atoms with Crippen LogP contribution in [0.1, 0.15) is 75.6 Å². The Labute approximate surface area is 252 Å². The summed E-state index contributed by atoms with van der Waals surface area (Å²) in [7, 11) is 1.56. The maximum absolute atomic E-state index is 14.6. The van der Waals surface area contributed by atoms with E-state index in [4.69, 9.17) is 15.2 Å². The third-order valence-corrected chi connectivity index (χ3v) is 8.33. The fraction of sp³-hybridized carbons (Fsp3) is 0.412. The van der Waals surface area contributed by atoms with Crippen LogP contribution in [-0.2, 0) is 6.61 Å². The van der Waals surface area contributed by atoms with E-state index in [0.717, 1.165) is 35.7 Å². The molecular formula is C34H39F2N5O2. The SMILES string of the molecule is C/C=C/C(F)(F)/C1=C/CC(C)C(C)/C(c2ccc(COc3nc(-c4c(OC)ncnc4C4CC4)ncc3N)cc2)=C\CC1. The van der Waals surface area contributed by atoms with Crippen LogP contribution in [0, 0.1) is 11.8 Å². The summed E-state index contributed by atoms with van der Waals surface area (Å²) in [6, 6.07) is 8.16. The van der Waals surface area contributed by atoms with E-state index < -0.39 is 5.92 Å². The van der Waals surface area contributed by atoms with Crippen LogP contribution >= 0.6 is 0 Å². The van der Waals surface area contributed by atoms with Crippen LogP contribution in [0.3, 0.4) is 0 Å². The molecule has 43 heavy (non-hydrogen) atoms. The van der Waals surface area contributed by atoms with Crippen molar-refractivity contribution in [2.75, 3.05) is 12.8 Å². The number of nitrogens with zero attached hydrogens (tertiary/aromatic N) is 4. The van der Waals surface area contributed by atoms with E-state index in [2.05, 4.69) is 52.0 Å². The molecule has 1 aromatic carbocycles. The number of alkyl halides is 2. The molecule has 0 aliphatic heterocycles. The molecule has 2 N–H and O–H groups in total. The number of rotatable bonds is 9. The number of allylic oxidation sites excluding steroid dienone is 6. The Hall–Kier alpha value is -4.14. The highest BCUT2D eigenvalue weighted by Crippen LogP contribution is 2.45. The van der Waals surface area contributed by atoms with Crippen LogP contribution in [0.25, 0.3) is 17.0 Å². The second-order valence-electron chi connectivity index (χ2n) is 11.4. The number of hydrogen-bond acceptors (Lipinski definition) is 7. The molecule has 0 radical (unpaired) electrons. The van der Waals surface area contributed by atoms with Crippen molar-refractivity contribution in [3.05, 3.63) is 83.5 Å². The van der Waals surface area contributed by atoms with E-state index in [1.165, 1.54) is 24.2 Å². The Morgan fingerprint density at radius 3 is 2.51 bits per heavy atom. The summed E-state index contributed by atoms with van der Waals surface area (Å²) >= 11 is 0. The number of anilines is 1. The summed E-state index contributed by atoms with van der Waals surface area (Å²) in [5.41, 5.74) is 11.5. The van der Waals surface area contributed by atoms with Crippen molar-refractivity contribution in [3.63, 3.8) is 0 Å². The molecule has 226 valence electrons. The summed E-state index contributed by atoms with van der Waals surface area (Å²) in [6.45, 7) is 6.19. The number of nitrogen functional groups attached to an aromatic ring is 1. The molecule has 7 nitrogen and oxygen atoms in total. The first-order valence-corrected chi connectivity index (χ1v) is 14.9. The average Bonchev–Trinajstić information content (AvgIpc) is 3.84. The molecule has 9 heteroatoms. The van der Waals surface area contributed by atoms with Gasteiger partial charge in [0, 0.05) is 5.92 Å². The monoisotopic (exact) mass is 587 g/mol. The van der Waals surface area contributed by atoms with E-state index in [0.29, 0.717) is 48.1 Å². The van der Waals surface area contributed by atoms with Crippen molar-refractivity contribution >= 4 is 11.3 Å². The molecule has 2 heterocycles. The predicted molar refractivity (Wildman–Crippen MR) is 165 cm³/mol. The van der Waals surface area contributed by atoms with Gasteiger partial charge in [-0.25, -0.2) is 15.0 Å². The first kappa shape index (κ1) is 30.3. The number of methoxy groups -OCH3 is 1. The second kappa shape index (κ2) is 13.0.